The zero-order valence-corrected chi connectivity index (χ0v) is 8.99. The highest BCUT2D eigenvalue weighted by atomic mass is 35.5. The summed E-state index contributed by atoms with van der Waals surface area (Å²) < 4.78 is 37.4. The third-order valence-electron chi connectivity index (χ3n) is 1.87. The van der Waals surface area contributed by atoms with Crippen molar-refractivity contribution < 1.29 is 23.1 Å². The van der Waals surface area contributed by atoms with Gasteiger partial charge in [0.25, 0.3) is 0 Å². The topological polar surface area (TPSA) is 41.5 Å². The molecule has 90 valence electrons. The molecule has 0 bridgehead atoms. The molecule has 3 nitrogen and oxygen atoms in total. The summed E-state index contributed by atoms with van der Waals surface area (Å²) in [4.78, 5) is 4.48. The summed E-state index contributed by atoms with van der Waals surface area (Å²) in [5, 5.41) is 9.30. The van der Waals surface area contributed by atoms with Gasteiger partial charge in [-0.2, -0.15) is 18.7 Å². The molecule has 1 aromatic rings. The van der Waals surface area contributed by atoms with Gasteiger partial charge in [0.1, 0.15) is 5.75 Å². The first-order valence-corrected chi connectivity index (χ1v) is 4.58. The normalized spacial score (nSPS) is 11.8. The highest BCUT2D eigenvalue weighted by Gasteiger charge is 2.35. The van der Waals surface area contributed by atoms with Crippen molar-refractivity contribution in [1.29, 1.82) is 0 Å². The molecule has 16 heavy (non-hydrogen) atoms. The summed E-state index contributed by atoms with van der Waals surface area (Å²) in [5.41, 5.74) is 1.18. The van der Waals surface area contributed by atoms with Crippen LogP contribution in [0.15, 0.2) is 12.1 Å². The molecule has 7 heteroatoms. The summed E-state index contributed by atoms with van der Waals surface area (Å²) in [5.74, 6) is -0.846. The van der Waals surface area contributed by atoms with Crippen molar-refractivity contribution in [3.63, 3.8) is 0 Å². The van der Waals surface area contributed by atoms with Gasteiger partial charge < -0.3 is 9.94 Å². The van der Waals surface area contributed by atoms with E-state index in [4.69, 9.17) is 11.6 Å². The lowest BCUT2D eigenvalue weighted by Crippen LogP contribution is -2.13. The van der Waals surface area contributed by atoms with E-state index < -0.39 is 17.5 Å². The molecule has 0 fully saturated rings. The monoisotopic (exact) mass is 255 g/mol. The zero-order chi connectivity index (χ0) is 12.3. The minimum absolute atomic E-state index is 0.0154. The van der Waals surface area contributed by atoms with Crippen LogP contribution in [0.5, 0.6) is 5.75 Å². The van der Waals surface area contributed by atoms with Crippen LogP contribution in [0.25, 0.3) is 0 Å². The molecule has 1 rings (SSSR count). The molecular formula is C9H9ClF3NO2. The molecule has 0 radical (unpaired) electrons. The maximum Gasteiger partial charge on any atom is 0.420 e. The van der Waals surface area contributed by atoms with Crippen LogP contribution in [0.2, 0.25) is 5.02 Å². The Kier molecular flexibility index (Phi) is 4.01. The van der Waals surface area contributed by atoms with Crippen molar-refractivity contribution in [3.8, 4) is 5.75 Å². The van der Waals surface area contributed by atoms with Crippen molar-refractivity contribution in [2.75, 3.05) is 7.11 Å². The molecule has 0 aliphatic rings. The van der Waals surface area contributed by atoms with Gasteiger partial charge in [-0.25, -0.2) is 0 Å². The molecule has 0 atom stereocenters. The number of aromatic hydroxyl groups is 1. The molecule has 0 spiro atoms. The van der Waals surface area contributed by atoms with Gasteiger partial charge >= 0.3 is 6.18 Å². The van der Waals surface area contributed by atoms with Crippen molar-refractivity contribution in [2.24, 2.45) is 0 Å². The van der Waals surface area contributed by atoms with E-state index in [1.165, 1.54) is 13.2 Å². The molecule has 0 amide bonds. The van der Waals surface area contributed by atoms with Gasteiger partial charge in [0.05, 0.1) is 12.7 Å². The number of phenols is 1. The van der Waals surface area contributed by atoms with Crippen molar-refractivity contribution in [1.82, 2.24) is 5.48 Å². The SMILES string of the molecule is CONCc1cc(Cl)cc(C(F)(F)F)c1O. The third-order valence-corrected chi connectivity index (χ3v) is 2.08. The van der Waals surface area contributed by atoms with Crippen molar-refractivity contribution >= 4 is 11.6 Å². The number of alkyl halides is 3. The Morgan fingerprint density at radius 2 is 2.06 bits per heavy atom. The van der Waals surface area contributed by atoms with Crippen LogP contribution in [0.4, 0.5) is 13.2 Å². The van der Waals surface area contributed by atoms with E-state index >= 15 is 0 Å². The quantitative estimate of drug-likeness (QED) is 0.816. The number of nitrogens with one attached hydrogen (secondary N) is 1. The first kappa shape index (κ1) is 13.1. The predicted octanol–water partition coefficient (Wildman–Crippen LogP) is 2.72. The molecular weight excluding hydrogens is 247 g/mol. The molecule has 2 N–H and O–H groups in total. The Morgan fingerprint density at radius 1 is 1.44 bits per heavy atom. The van der Waals surface area contributed by atoms with Crippen molar-refractivity contribution in [2.45, 2.75) is 12.7 Å². The van der Waals surface area contributed by atoms with Crippen LogP contribution in [0.1, 0.15) is 11.1 Å². The molecule has 0 aliphatic heterocycles. The number of hydrogen-bond donors (Lipinski definition) is 2. The van der Waals surface area contributed by atoms with Crippen LogP contribution in [0.3, 0.4) is 0 Å². The summed E-state index contributed by atoms with van der Waals surface area (Å²) in [7, 11) is 1.31. The van der Waals surface area contributed by atoms with Gasteiger partial charge in [0, 0.05) is 17.1 Å². The maximum absolute atomic E-state index is 12.5. The van der Waals surface area contributed by atoms with Crippen LogP contribution in [-0.2, 0) is 17.6 Å². The van der Waals surface area contributed by atoms with E-state index in [1.54, 1.807) is 0 Å². The predicted molar refractivity (Wildman–Crippen MR) is 52.0 cm³/mol. The summed E-state index contributed by atoms with van der Waals surface area (Å²) in [6.45, 7) is -0.0774. The second-order valence-electron chi connectivity index (χ2n) is 2.98. The lowest BCUT2D eigenvalue weighted by Gasteiger charge is -2.13. The highest BCUT2D eigenvalue weighted by molar-refractivity contribution is 6.30. The van der Waals surface area contributed by atoms with Gasteiger partial charge in [-0.15, -0.1) is 0 Å². The Labute approximate surface area is 94.7 Å². The second-order valence-corrected chi connectivity index (χ2v) is 3.42. The van der Waals surface area contributed by atoms with Crippen molar-refractivity contribution in [3.05, 3.63) is 28.3 Å². The average molecular weight is 256 g/mol. The average Bonchev–Trinajstić information content (AvgIpc) is 2.17. The van der Waals surface area contributed by atoms with Crippen LogP contribution < -0.4 is 5.48 Å². The molecule has 0 unspecified atom stereocenters. The van der Waals surface area contributed by atoms with Gasteiger partial charge in [-0.3, -0.25) is 0 Å². The fourth-order valence-corrected chi connectivity index (χ4v) is 1.40. The molecule has 0 saturated carbocycles. The van der Waals surface area contributed by atoms with E-state index in [1.807, 2.05) is 0 Å². The molecule has 0 aliphatic carbocycles. The molecule has 1 aromatic carbocycles. The lowest BCUT2D eigenvalue weighted by molar-refractivity contribution is -0.138. The minimum atomic E-state index is -4.64. The Balaban J connectivity index is 3.16. The van der Waals surface area contributed by atoms with Crippen LogP contribution in [0, 0.1) is 0 Å². The molecule has 0 aromatic heterocycles. The molecule has 0 heterocycles. The Hall–Kier alpha value is -0.980. The number of hydroxylamine groups is 1. The van der Waals surface area contributed by atoms with Gasteiger partial charge in [-0.1, -0.05) is 11.6 Å². The van der Waals surface area contributed by atoms with E-state index in [9.17, 15) is 18.3 Å². The Bertz CT molecular complexity index is 382. The van der Waals surface area contributed by atoms with Crippen LogP contribution >= 0.6 is 11.6 Å². The number of hydrogen-bond acceptors (Lipinski definition) is 3. The number of rotatable bonds is 3. The third kappa shape index (κ3) is 3.01. The fraction of sp³-hybridized carbons (Fsp3) is 0.333. The minimum Gasteiger partial charge on any atom is -0.507 e. The van der Waals surface area contributed by atoms with Gasteiger partial charge in [0.2, 0.25) is 0 Å². The van der Waals surface area contributed by atoms with Gasteiger partial charge in [-0.05, 0) is 12.1 Å². The number of halogens is 4. The number of benzene rings is 1. The lowest BCUT2D eigenvalue weighted by atomic mass is 10.1. The largest absolute Gasteiger partial charge is 0.507 e. The highest BCUT2D eigenvalue weighted by Crippen LogP contribution is 2.39. The van der Waals surface area contributed by atoms with E-state index in [-0.39, 0.29) is 17.1 Å². The summed E-state index contributed by atoms with van der Waals surface area (Å²) >= 11 is 5.53. The van der Waals surface area contributed by atoms with Crippen LogP contribution in [-0.4, -0.2) is 12.2 Å². The molecule has 0 saturated heterocycles. The van der Waals surface area contributed by atoms with E-state index in [0.717, 1.165) is 0 Å². The van der Waals surface area contributed by atoms with E-state index in [2.05, 4.69) is 10.3 Å². The maximum atomic E-state index is 12.5. The summed E-state index contributed by atoms with van der Waals surface area (Å²) in [6.07, 6.45) is -4.64. The second kappa shape index (κ2) is 4.90. The van der Waals surface area contributed by atoms with E-state index in [0.29, 0.717) is 6.07 Å². The summed E-state index contributed by atoms with van der Waals surface area (Å²) in [6, 6.07) is 1.91. The number of phenolic OH excluding ortho intramolecular Hbond substituents is 1. The zero-order valence-electron chi connectivity index (χ0n) is 8.23. The standard InChI is InChI=1S/C9H9ClF3NO2/c1-16-14-4-5-2-6(10)3-7(8(5)15)9(11,12)13/h2-3,14-15H,4H2,1H3. The van der Waals surface area contributed by atoms with Gasteiger partial charge in [0.15, 0.2) is 0 Å². The fourth-order valence-electron chi connectivity index (χ4n) is 1.16. The Morgan fingerprint density at radius 3 is 2.56 bits per heavy atom. The smallest absolute Gasteiger partial charge is 0.420 e. The first-order chi connectivity index (χ1) is 7.36. The first-order valence-electron chi connectivity index (χ1n) is 4.20.